The molecule has 1 N–H and O–H groups in total. The van der Waals surface area contributed by atoms with Crippen LogP contribution in [0.1, 0.15) is 54.3 Å². The number of nitrogens with zero attached hydrogens (tertiary/aromatic N) is 1. The third-order valence-corrected chi connectivity index (χ3v) is 4.02. The third-order valence-electron chi connectivity index (χ3n) is 4.02. The van der Waals surface area contributed by atoms with Crippen LogP contribution in [-0.4, -0.2) is 0 Å². The predicted octanol–water partition coefficient (Wildman–Crippen LogP) is 3.88. The average molecular weight is 266 g/mol. The molecule has 1 aromatic heterocycles. The molecule has 0 amide bonds. The lowest BCUT2D eigenvalue weighted by Gasteiger charge is -2.26. The average Bonchev–Trinajstić information content (AvgIpc) is 2.97. The van der Waals surface area contributed by atoms with Crippen LogP contribution in [0.2, 0.25) is 0 Å². The highest BCUT2D eigenvalue weighted by atomic mass is 16.3. The van der Waals surface area contributed by atoms with Crippen LogP contribution in [0.15, 0.2) is 41.0 Å². The van der Waals surface area contributed by atoms with Crippen LogP contribution in [0.25, 0.3) is 0 Å². The molecule has 20 heavy (non-hydrogen) atoms. The molecule has 2 unspecified atom stereocenters. The normalized spacial score (nSPS) is 19.1. The minimum atomic E-state index is 0.217. The van der Waals surface area contributed by atoms with Crippen LogP contribution in [0.3, 0.4) is 0 Å². The zero-order valence-electron chi connectivity index (χ0n) is 11.6. The first-order valence-corrected chi connectivity index (χ1v) is 7.10. The summed E-state index contributed by atoms with van der Waals surface area (Å²) in [4.78, 5) is 0. The quantitative estimate of drug-likeness (QED) is 0.917. The Morgan fingerprint density at radius 2 is 2.30 bits per heavy atom. The molecule has 1 aromatic carbocycles. The van der Waals surface area contributed by atoms with E-state index in [-0.39, 0.29) is 6.04 Å². The largest absolute Gasteiger partial charge is 0.469 e. The molecule has 1 heterocycles. The minimum Gasteiger partial charge on any atom is -0.469 e. The first-order chi connectivity index (χ1) is 9.78. The van der Waals surface area contributed by atoms with Crippen molar-refractivity contribution in [3.63, 3.8) is 0 Å². The molecule has 2 aromatic rings. The first kappa shape index (κ1) is 13.0. The highest BCUT2D eigenvalue weighted by Crippen LogP contribution is 2.32. The third kappa shape index (κ3) is 2.48. The SMILES string of the molecule is CC(NC1CCCc2occc21)c1cccc(C#N)c1. The molecule has 3 nitrogen and oxygen atoms in total. The molecular weight excluding hydrogens is 248 g/mol. The van der Waals surface area contributed by atoms with Crippen molar-refractivity contribution >= 4 is 0 Å². The Labute approximate surface area is 119 Å². The van der Waals surface area contributed by atoms with Crippen molar-refractivity contribution in [2.75, 3.05) is 0 Å². The van der Waals surface area contributed by atoms with Crippen molar-refractivity contribution in [2.24, 2.45) is 0 Å². The Balaban J connectivity index is 1.77. The molecule has 0 aliphatic heterocycles. The molecule has 3 heteroatoms. The lowest BCUT2D eigenvalue weighted by Crippen LogP contribution is -2.27. The van der Waals surface area contributed by atoms with Crippen LogP contribution < -0.4 is 5.32 Å². The van der Waals surface area contributed by atoms with Gasteiger partial charge in [-0.05, 0) is 43.5 Å². The Kier molecular flexibility index (Phi) is 3.58. The standard InChI is InChI=1S/C17H18N2O/c1-12(14-5-2-4-13(10-14)11-18)19-16-6-3-7-17-15(16)8-9-20-17/h2,4-5,8-10,12,16,19H,3,6-7H2,1H3. The second-order valence-corrected chi connectivity index (χ2v) is 5.37. The van der Waals surface area contributed by atoms with Gasteiger partial charge in [-0.3, -0.25) is 0 Å². The molecule has 0 spiro atoms. The molecule has 0 radical (unpaired) electrons. The van der Waals surface area contributed by atoms with Crippen molar-refractivity contribution in [3.05, 3.63) is 59.0 Å². The van der Waals surface area contributed by atoms with E-state index in [1.807, 2.05) is 18.2 Å². The van der Waals surface area contributed by atoms with E-state index in [1.165, 1.54) is 5.56 Å². The molecule has 0 saturated carbocycles. The number of hydrogen-bond donors (Lipinski definition) is 1. The maximum Gasteiger partial charge on any atom is 0.108 e. The van der Waals surface area contributed by atoms with Crippen molar-refractivity contribution in [1.29, 1.82) is 5.26 Å². The maximum absolute atomic E-state index is 8.98. The van der Waals surface area contributed by atoms with E-state index in [2.05, 4.69) is 30.4 Å². The number of benzene rings is 1. The second-order valence-electron chi connectivity index (χ2n) is 5.37. The van der Waals surface area contributed by atoms with Gasteiger partial charge in [0.15, 0.2) is 0 Å². The Bertz CT molecular complexity index is 638. The Morgan fingerprint density at radius 1 is 1.40 bits per heavy atom. The van der Waals surface area contributed by atoms with Crippen molar-refractivity contribution < 1.29 is 4.42 Å². The second kappa shape index (κ2) is 5.52. The van der Waals surface area contributed by atoms with Crippen LogP contribution in [0, 0.1) is 11.3 Å². The van der Waals surface area contributed by atoms with Gasteiger partial charge in [-0.15, -0.1) is 0 Å². The fourth-order valence-electron chi connectivity index (χ4n) is 2.94. The van der Waals surface area contributed by atoms with Gasteiger partial charge in [0, 0.05) is 24.1 Å². The van der Waals surface area contributed by atoms with E-state index in [0.717, 1.165) is 30.6 Å². The van der Waals surface area contributed by atoms with E-state index in [9.17, 15) is 0 Å². The molecule has 3 rings (SSSR count). The predicted molar refractivity (Wildman–Crippen MR) is 77.1 cm³/mol. The maximum atomic E-state index is 8.98. The summed E-state index contributed by atoms with van der Waals surface area (Å²) in [6, 6.07) is 12.6. The number of fused-ring (bicyclic) bond motifs is 1. The number of rotatable bonds is 3. The zero-order chi connectivity index (χ0) is 13.9. The van der Waals surface area contributed by atoms with Gasteiger partial charge >= 0.3 is 0 Å². The molecule has 0 saturated heterocycles. The van der Waals surface area contributed by atoms with Gasteiger partial charge in [-0.2, -0.15) is 5.26 Å². The Hall–Kier alpha value is -2.05. The summed E-state index contributed by atoms with van der Waals surface area (Å²) in [7, 11) is 0. The van der Waals surface area contributed by atoms with Gasteiger partial charge in [-0.1, -0.05) is 12.1 Å². The topological polar surface area (TPSA) is 49.0 Å². The summed E-state index contributed by atoms with van der Waals surface area (Å²) in [5.74, 6) is 1.12. The smallest absolute Gasteiger partial charge is 0.108 e. The molecule has 0 fully saturated rings. The summed E-state index contributed by atoms with van der Waals surface area (Å²) >= 11 is 0. The van der Waals surface area contributed by atoms with Crippen molar-refractivity contribution in [1.82, 2.24) is 5.32 Å². The number of hydrogen-bond acceptors (Lipinski definition) is 3. The van der Waals surface area contributed by atoms with Crippen LogP contribution in [0.5, 0.6) is 0 Å². The summed E-state index contributed by atoms with van der Waals surface area (Å²) in [5, 5.41) is 12.6. The summed E-state index contributed by atoms with van der Waals surface area (Å²) in [6.07, 6.45) is 5.11. The molecule has 102 valence electrons. The molecular formula is C17H18N2O. The monoisotopic (exact) mass is 266 g/mol. The molecule has 0 bridgehead atoms. The van der Waals surface area contributed by atoms with E-state index in [4.69, 9.17) is 9.68 Å². The van der Waals surface area contributed by atoms with Gasteiger partial charge < -0.3 is 9.73 Å². The van der Waals surface area contributed by atoms with Crippen molar-refractivity contribution in [3.8, 4) is 6.07 Å². The first-order valence-electron chi connectivity index (χ1n) is 7.10. The van der Waals surface area contributed by atoms with E-state index in [0.29, 0.717) is 11.6 Å². The molecule has 1 aliphatic carbocycles. The number of furan rings is 1. The van der Waals surface area contributed by atoms with Gasteiger partial charge in [0.2, 0.25) is 0 Å². The highest BCUT2D eigenvalue weighted by Gasteiger charge is 2.23. The summed E-state index contributed by atoms with van der Waals surface area (Å²) < 4.78 is 5.53. The van der Waals surface area contributed by atoms with Crippen LogP contribution in [-0.2, 0) is 6.42 Å². The Morgan fingerprint density at radius 3 is 3.15 bits per heavy atom. The van der Waals surface area contributed by atoms with Crippen LogP contribution in [0.4, 0.5) is 0 Å². The molecule has 2 atom stereocenters. The van der Waals surface area contributed by atoms with Gasteiger partial charge in [0.05, 0.1) is 17.9 Å². The number of nitrogens with one attached hydrogen (secondary N) is 1. The molecule has 1 aliphatic rings. The highest BCUT2D eigenvalue weighted by molar-refractivity contribution is 5.34. The number of aryl methyl sites for hydroxylation is 1. The van der Waals surface area contributed by atoms with E-state index in [1.54, 1.807) is 6.26 Å². The fourth-order valence-corrected chi connectivity index (χ4v) is 2.94. The fraction of sp³-hybridized carbons (Fsp3) is 0.353. The summed E-state index contributed by atoms with van der Waals surface area (Å²) in [6.45, 7) is 2.14. The van der Waals surface area contributed by atoms with Crippen molar-refractivity contribution in [2.45, 2.75) is 38.3 Å². The summed E-state index contributed by atoms with van der Waals surface area (Å²) in [5.41, 5.74) is 3.16. The van der Waals surface area contributed by atoms with Gasteiger partial charge in [-0.25, -0.2) is 0 Å². The van der Waals surface area contributed by atoms with Crippen LogP contribution >= 0.6 is 0 Å². The van der Waals surface area contributed by atoms with Gasteiger partial charge in [0.1, 0.15) is 5.76 Å². The minimum absolute atomic E-state index is 0.217. The van der Waals surface area contributed by atoms with E-state index >= 15 is 0 Å². The lowest BCUT2D eigenvalue weighted by molar-refractivity contribution is 0.385. The zero-order valence-corrected chi connectivity index (χ0v) is 11.6. The lowest BCUT2D eigenvalue weighted by atomic mass is 9.92. The number of nitriles is 1. The van der Waals surface area contributed by atoms with E-state index < -0.39 is 0 Å². The van der Waals surface area contributed by atoms with Gasteiger partial charge in [0.25, 0.3) is 0 Å².